The van der Waals surface area contributed by atoms with Gasteiger partial charge in [0.1, 0.15) is 12.6 Å². The van der Waals surface area contributed by atoms with Crippen LogP contribution in [0, 0.1) is 0 Å². The number of ether oxygens (including phenoxy) is 3. The summed E-state index contributed by atoms with van der Waals surface area (Å²) in [6, 6.07) is -0.727. The van der Waals surface area contributed by atoms with Crippen LogP contribution >= 0.6 is 0 Å². The molecule has 8 heteroatoms. The number of rotatable bonds is 40. The van der Waals surface area contributed by atoms with Crippen LogP contribution in [-0.4, -0.2) is 75.5 Å². The molecule has 0 heterocycles. The van der Waals surface area contributed by atoms with Crippen LogP contribution in [0.5, 0.6) is 0 Å². The molecule has 0 saturated heterocycles. The van der Waals surface area contributed by atoms with Gasteiger partial charge in [-0.3, -0.25) is 9.59 Å². The van der Waals surface area contributed by atoms with Gasteiger partial charge in [0.25, 0.3) is 0 Å². The van der Waals surface area contributed by atoms with Gasteiger partial charge in [0.15, 0.2) is 6.10 Å². The molecule has 55 heavy (non-hydrogen) atoms. The highest BCUT2D eigenvalue weighted by Crippen LogP contribution is 2.15. The van der Waals surface area contributed by atoms with Gasteiger partial charge >= 0.3 is 11.9 Å². The van der Waals surface area contributed by atoms with E-state index in [-0.39, 0.29) is 42.7 Å². The van der Waals surface area contributed by atoms with Crippen LogP contribution in [0.25, 0.3) is 0 Å². The van der Waals surface area contributed by atoms with E-state index in [4.69, 9.17) is 14.2 Å². The number of hydrogen-bond donors (Lipinski definition) is 0. The van der Waals surface area contributed by atoms with E-state index in [1.165, 1.54) is 89.9 Å². The normalized spacial score (nSPS) is 13.3. The van der Waals surface area contributed by atoms with Crippen LogP contribution < -0.4 is 5.11 Å². The third kappa shape index (κ3) is 36.9. The minimum absolute atomic E-state index is 0.0359. The Morgan fingerprint density at radius 1 is 0.564 bits per heavy atom. The van der Waals surface area contributed by atoms with E-state index < -0.39 is 18.1 Å². The zero-order valence-corrected chi connectivity index (χ0v) is 36.3. The monoisotopic (exact) mass is 776 g/mol. The predicted molar refractivity (Wildman–Crippen MR) is 227 cm³/mol. The molecule has 8 nitrogen and oxygen atoms in total. The smallest absolute Gasteiger partial charge is 0.306 e. The van der Waals surface area contributed by atoms with Crippen molar-refractivity contribution in [3.05, 3.63) is 36.5 Å². The fraction of sp³-hybridized carbons (Fsp3) is 0.809. The van der Waals surface area contributed by atoms with E-state index in [2.05, 4.69) is 50.3 Å². The fourth-order valence-corrected chi connectivity index (χ4v) is 6.56. The minimum atomic E-state index is -1.13. The third-order valence-corrected chi connectivity index (χ3v) is 10.0. The maximum Gasteiger partial charge on any atom is 0.306 e. The molecule has 0 N–H and O–H groups in total. The van der Waals surface area contributed by atoms with E-state index in [1.54, 1.807) is 21.1 Å². The number of nitrogens with zero attached hydrogens (tertiary/aromatic N) is 1. The highest BCUT2D eigenvalue weighted by Gasteiger charge is 2.25. The van der Waals surface area contributed by atoms with Gasteiger partial charge in [-0.2, -0.15) is 0 Å². The molecule has 0 aromatic rings. The summed E-state index contributed by atoms with van der Waals surface area (Å²) < 4.78 is 17.2. The highest BCUT2D eigenvalue weighted by molar-refractivity contribution is 5.70. The fourth-order valence-electron chi connectivity index (χ4n) is 6.56. The molecule has 0 rings (SSSR count). The van der Waals surface area contributed by atoms with Crippen LogP contribution in [0.4, 0.5) is 0 Å². The predicted octanol–water partition coefficient (Wildman–Crippen LogP) is 10.9. The van der Waals surface area contributed by atoms with Gasteiger partial charge in [0, 0.05) is 19.3 Å². The van der Waals surface area contributed by atoms with E-state index in [0.717, 1.165) is 70.6 Å². The number of likely N-dealkylation sites (N-methyl/N-ethyl adjacent to an activating group) is 1. The van der Waals surface area contributed by atoms with E-state index >= 15 is 0 Å². The van der Waals surface area contributed by atoms with Crippen molar-refractivity contribution in [1.82, 2.24) is 0 Å². The first-order valence-electron chi connectivity index (χ1n) is 22.5. The standard InChI is InChI=1S/C47H85NO7/c1-6-8-10-12-14-16-18-20-22-23-24-26-28-30-32-34-36-38-46(50)55-43(41-53-40-39-44(47(51)52)48(3,4)5)42-54-45(49)37-35-33-31-29-27-25-21-19-17-15-13-11-9-7-2/h9,11,15,17,21,25,43-44H,6-8,10,12-14,16,18-20,22-24,26-42H2,1-5H3/b11-9+,17-15+,25-21+. The number of esters is 2. The molecule has 0 amide bonds. The lowest BCUT2D eigenvalue weighted by Crippen LogP contribution is -2.55. The number of aliphatic carboxylic acids is 1. The van der Waals surface area contributed by atoms with Crippen molar-refractivity contribution in [2.45, 2.75) is 206 Å². The molecule has 2 atom stereocenters. The molecule has 0 spiro atoms. The third-order valence-electron chi connectivity index (χ3n) is 10.0. The summed E-state index contributed by atoms with van der Waals surface area (Å²) in [5.74, 6) is -1.76. The average molecular weight is 776 g/mol. The Morgan fingerprint density at radius 2 is 1.02 bits per heavy atom. The molecule has 0 bridgehead atoms. The van der Waals surface area contributed by atoms with Gasteiger partial charge in [0.05, 0.1) is 40.3 Å². The second kappa shape index (κ2) is 38.4. The summed E-state index contributed by atoms with van der Waals surface area (Å²) in [7, 11) is 5.40. The molecule has 0 fully saturated rings. The largest absolute Gasteiger partial charge is 0.544 e. The van der Waals surface area contributed by atoms with E-state index in [0.29, 0.717) is 12.8 Å². The number of allylic oxidation sites excluding steroid dienone is 6. The lowest BCUT2D eigenvalue weighted by atomic mass is 10.0. The van der Waals surface area contributed by atoms with Crippen LogP contribution in [0.1, 0.15) is 194 Å². The van der Waals surface area contributed by atoms with Gasteiger partial charge in [-0.1, -0.05) is 166 Å². The van der Waals surface area contributed by atoms with Gasteiger partial charge in [-0.15, -0.1) is 0 Å². The number of carbonyl (C=O) groups is 3. The summed E-state index contributed by atoms with van der Waals surface area (Å²) in [6.07, 6.45) is 43.1. The SMILES string of the molecule is CC/C=C/C/C=C/C/C=C/CCCCCCC(=O)OCC(COCCC(C(=O)[O-])[N+](C)(C)C)OC(=O)CCCCCCCCCCCCCCCCCCC. The first kappa shape index (κ1) is 52.6. The lowest BCUT2D eigenvalue weighted by molar-refractivity contribution is -0.889. The number of unbranched alkanes of at least 4 members (excludes halogenated alkanes) is 20. The molecule has 2 unspecified atom stereocenters. The Bertz CT molecular complexity index is 1000. The molecule has 0 radical (unpaired) electrons. The maximum absolute atomic E-state index is 12.7. The zero-order valence-electron chi connectivity index (χ0n) is 36.3. The van der Waals surface area contributed by atoms with Crippen molar-refractivity contribution < 1.29 is 38.2 Å². The Morgan fingerprint density at radius 3 is 1.51 bits per heavy atom. The molecule has 0 aliphatic carbocycles. The Kier molecular flexibility index (Phi) is 36.7. The van der Waals surface area contributed by atoms with Gasteiger partial charge < -0.3 is 28.6 Å². The molecular weight excluding hydrogens is 691 g/mol. The van der Waals surface area contributed by atoms with Crippen molar-refractivity contribution in [2.24, 2.45) is 0 Å². The first-order chi connectivity index (χ1) is 26.6. The average Bonchev–Trinajstić information content (AvgIpc) is 3.14. The quantitative estimate of drug-likeness (QED) is 0.0264. The van der Waals surface area contributed by atoms with Crippen LogP contribution in [0.3, 0.4) is 0 Å². The maximum atomic E-state index is 12.7. The molecule has 0 aromatic carbocycles. The molecule has 0 saturated carbocycles. The second-order valence-electron chi connectivity index (χ2n) is 16.3. The van der Waals surface area contributed by atoms with Crippen molar-refractivity contribution in [3.63, 3.8) is 0 Å². The number of carboxylic acids is 1. The first-order valence-corrected chi connectivity index (χ1v) is 22.5. The van der Waals surface area contributed by atoms with Gasteiger partial charge in [-0.05, 0) is 44.9 Å². The Balaban J connectivity index is 4.33. The Labute approximate surface area is 338 Å². The molecular formula is C47H85NO7. The van der Waals surface area contributed by atoms with Crippen molar-refractivity contribution in [2.75, 3.05) is 41.0 Å². The number of hydrogen-bond acceptors (Lipinski definition) is 7. The number of carboxylic acid groups (broad SMARTS) is 1. The minimum Gasteiger partial charge on any atom is -0.544 e. The van der Waals surface area contributed by atoms with Crippen molar-refractivity contribution in [3.8, 4) is 0 Å². The summed E-state index contributed by atoms with van der Waals surface area (Å²) in [5, 5.41) is 11.6. The van der Waals surface area contributed by atoms with Crippen LogP contribution in [0.2, 0.25) is 0 Å². The lowest BCUT2D eigenvalue weighted by Gasteiger charge is -2.34. The number of carbonyl (C=O) groups excluding carboxylic acids is 3. The second-order valence-corrected chi connectivity index (χ2v) is 16.3. The summed E-state index contributed by atoms with van der Waals surface area (Å²) >= 11 is 0. The van der Waals surface area contributed by atoms with Gasteiger partial charge in [0.2, 0.25) is 0 Å². The van der Waals surface area contributed by atoms with Crippen molar-refractivity contribution in [1.29, 1.82) is 0 Å². The number of quaternary nitrogens is 1. The topological polar surface area (TPSA) is 102 Å². The molecule has 0 aliphatic rings. The molecule has 0 aromatic heterocycles. The zero-order chi connectivity index (χ0) is 40.7. The van der Waals surface area contributed by atoms with E-state index in [1.807, 2.05) is 0 Å². The van der Waals surface area contributed by atoms with Crippen LogP contribution in [0.15, 0.2) is 36.5 Å². The van der Waals surface area contributed by atoms with Gasteiger partial charge in [-0.25, -0.2) is 0 Å². The Hall–Kier alpha value is -2.45. The summed E-state index contributed by atoms with van der Waals surface area (Å²) in [5.41, 5.74) is 0. The summed E-state index contributed by atoms with van der Waals surface area (Å²) in [4.78, 5) is 36.8. The van der Waals surface area contributed by atoms with Crippen molar-refractivity contribution >= 4 is 17.9 Å². The van der Waals surface area contributed by atoms with E-state index in [9.17, 15) is 19.5 Å². The van der Waals surface area contributed by atoms with Crippen LogP contribution in [-0.2, 0) is 28.6 Å². The summed E-state index contributed by atoms with van der Waals surface area (Å²) in [6.45, 7) is 4.54. The highest BCUT2D eigenvalue weighted by atomic mass is 16.6. The molecule has 320 valence electrons. The molecule has 0 aliphatic heterocycles.